The molecule has 0 radical (unpaired) electrons. The van der Waals surface area contributed by atoms with Gasteiger partial charge in [0.1, 0.15) is 23.3 Å². The lowest BCUT2D eigenvalue weighted by molar-refractivity contribution is -0.154. The molecule has 2 aliphatic rings. The van der Waals surface area contributed by atoms with E-state index in [0.29, 0.717) is 5.76 Å². The number of amides is 1. The van der Waals surface area contributed by atoms with E-state index < -0.39 is 16.5 Å². The van der Waals surface area contributed by atoms with Crippen LogP contribution in [0.5, 0.6) is 0 Å². The van der Waals surface area contributed by atoms with Crippen LogP contribution in [-0.2, 0) is 4.79 Å². The van der Waals surface area contributed by atoms with Gasteiger partial charge in [0, 0.05) is 4.75 Å². The average molecular weight is 357 g/mol. The van der Waals surface area contributed by atoms with Gasteiger partial charge in [0.05, 0.1) is 12.3 Å². The quantitative estimate of drug-likeness (QED) is 0.647. The minimum atomic E-state index is -1.13. The first-order valence-electron chi connectivity index (χ1n) is 6.14. The second-order valence-corrected chi connectivity index (χ2v) is 8.55. The summed E-state index contributed by atoms with van der Waals surface area (Å²) >= 11 is 4.92. The molecule has 5 nitrogen and oxygen atoms in total. The number of hydrogen-bond acceptors (Lipinski definition) is 5. The van der Waals surface area contributed by atoms with E-state index in [0.717, 1.165) is 0 Å². The van der Waals surface area contributed by atoms with Gasteiger partial charge in [0.25, 0.3) is 0 Å². The third-order valence-corrected chi connectivity index (χ3v) is 7.02. The van der Waals surface area contributed by atoms with E-state index in [1.54, 1.807) is 17.0 Å². The maximum atomic E-state index is 12.5. The van der Waals surface area contributed by atoms with Crippen LogP contribution in [0.2, 0.25) is 0 Å². The molecule has 106 valence electrons. The monoisotopic (exact) mass is 356 g/mol. The van der Waals surface area contributed by atoms with Gasteiger partial charge in [-0.1, -0.05) is 15.9 Å². The Labute approximate surface area is 129 Å². The highest BCUT2D eigenvalue weighted by Gasteiger charge is 2.72. The number of rotatable bonds is 2. The molecule has 0 aromatic carbocycles. The number of carbonyl (C=O) groups is 1. The number of thioether (sulfide) groups is 1. The molecule has 1 aromatic rings. The van der Waals surface area contributed by atoms with Crippen molar-refractivity contribution in [3.63, 3.8) is 0 Å². The van der Waals surface area contributed by atoms with E-state index in [1.807, 2.05) is 13.8 Å². The molecule has 2 saturated heterocycles. The summed E-state index contributed by atoms with van der Waals surface area (Å²) in [6, 6.07) is 5.00. The number of nitriles is 1. The highest BCUT2D eigenvalue weighted by molar-refractivity contribution is 9.10. The third-order valence-electron chi connectivity index (χ3n) is 3.86. The number of β-lactam (4-membered cyclic amide) rings is 1. The average Bonchev–Trinajstić information content (AvgIpc) is 3.01. The van der Waals surface area contributed by atoms with Gasteiger partial charge in [-0.2, -0.15) is 5.26 Å². The number of carbonyl (C=O) groups excluding carboxylic acids is 1. The van der Waals surface area contributed by atoms with Crippen molar-refractivity contribution in [1.29, 1.82) is 5.26 Å². The maximum Gasteiger partial charge on any atom is 0.247 e. The van der Waals surface area contributed by atoms with E-state index in [-0.39, 0.29) is 16.0 Å². The largest absolute Gasteiger partial charge is 0.467 e. The molecular formula is C13H13BrN2O3S. The van der Waals surface area contributed by atoms with Gasteiger partial charge in [-0.3, -0.25) is 4.79 Å². The SMILES string of the molecule is CC1(C)S[C@@H]2N(C(=O)[C@]2(Br)[C@H](O)c2ccco2)[C@H]1C#N. The summed E-state index contributed by atoms with van der Waals surface area (Å²) in [7, 11) is 0. The normalized spacial score (nSPS) is 36.1. The number of aliphatic hydroxyl groups is 1. The van der Waals surface area contributed by atoms with Crippen LogP contribution in [0.4, 0.5) is 0 Å². The highest BCUT2D eigenvalue weighted by atomic mass is 79.9. The topological polar surface area (TPSA) is 77.5 Å². The fourth-order valence-corrected chi connectivity index (χ4v) is 5.29. The summed E-state index contributed by atoms with van der Waals surface area (Å²) in [5, 5.41) is 19.4. The summed E-state index contributed by atoms with van der Waals surface area (Å²) < 4.78 is 3.70. The van der Waals surface area contributed by atoms with Crippen molar-refractivity contribution in [2.45, 2.75) is 40.4 Å². The number of nitrogens with zero attached hydrogens (tertiary/aromatic N) is 2. The predicted molar refractivity (Wildman–Crippen MR) is 77.0 cm³/mol. The van der Waals surface area contributed by atoms with E-state index in [9.17, 15) is 15.2 Å². The molecule has 0 unspecified atom stereocenters. The number of aliphatic hydroxyl groups excluding tert-OH is 1. The van der Waals surface area contributed by atoms with Crippen LogP contribution >= 0.6 is 27.7 Å². The molecule has 3 heterocycles. The van der Waals surface area contributed by atoms with Crippen molar-refractivity contribution in [1.82, 2.24) is 4.90 Å². The second kappa shape index (κ2) is 4.26. The Hall–Kier alpha value is -0.970. The molecule has 7 heteroatoms. The Kier molecular flexibility index (Phi) is 2.98. The van der Waals surface area contributed by atoms with Gasteiger partial charge >= 0.3 is 0 Å². The van der Waals surface area contributed by atoms with E-state index in [4.69, 9.17) is 4.42 Å². The molecule has 3 rings (SSSR count). The van der Waals surface area contributed by atoms with Crippen molar-refractivity contribution < 1.29 is 14.3 Å². The van der Waals surface area contributed by atoms with Crippen molar-refractivity contribution >= 4 is 33.6 Å². The molecule has 2 fully saturated rings. The lowest BCUT2D eigenvalue weighted by Crippen LogP contribution is -2.71. The van der Waals surface area contributed by atoms with Crippen LogP contribution in [0, 0.1) is 11.3 Å². The molecule has 1 N–H and O–H groups in total. The molecule has 0 aliphatic carbocycles. The van der Waals surface area contributed by atoms with Crippen molar-refractivity contribution in [3.05, 3.63) is 24.2 Å². The minimum absolute atomic E-state index is 0.268. The Bertz CT molecular complexity index is 597. The van der Waals surface area contributed by atoms with E-state index >= 15 is 0 Å². The van der Waals surface area contributed by atoms with E-state index in [1.165, 1.54) is 18.0 Å². The fraction of sp³-hybridized carbons (Fsp3) is 0.538. The Morgan fingerprint density at radius 1 is 1.65 bits per heavy atom. The molecule has 0 bridgehead atoms. The zero-order valence-electron chi connectivity index (χ0n) is 10.9. The summed E-state index contributed by atoms with van der Waals surface area (Å²) in [5.41, 5.74) is 0. The second-order valence-electron chi connectivity index (χ2n) is 5.50. The maximum absolute atomic E-state index is 12.5. The first kappa shape index (κ1) is 14.0. The molecular weight excluding hydrogens is 344 g/mol. The minimum Gasteiger partial charge on any atom is -0.467 e. The summed E-state index contributed by atoms with van der Waals surface area (Å²) in [4.78, 5) is 14.0. The van der Waals surface area contributed by atoms with Gasteiger partial charge in [-0.15, -0.1) is 11.8 Å². The standard InChI is InChI=1S/C13H13BrN2O3S/c1-12(2)8(6-15)16-10(18)13(14,11(16)20-12)9(17)7-4-3-5-19-7/h3-5,8-9,11,17H,1-2H3/t8-,9+,11-,13+/m0/s1. The first-order valence-corrected chi connectivity index (χ1v) is 7.82. The number of alkyl halides is 1. The summed E-state index contributed by atoms with van der Waals surface area (Å²) in [6.07, 6.45) is 0.381. The molecule has 1 aromatic heterocycles. The van der Waals surface area contributed by atoms with E-state index in [2.05, 4.69) is 22.0 Å². The number of halogens is 1. The Balaban J connectivity index is 1.95. The fourth-order valence-electron chi connectivity index (χ4n) is 2.75. The van der Waals surface area contributed by atoms with Gasteiger partial charge in [0.2, 0.25) is 5.91 Å². The molecule has 4 atom stereocenters. The van der Waals surface area contributed by atoms with Crippen LogP contribution in [0.25, 0.3) is 0 Å². The van der Waals surface area contributed by atoms with Crippen LogP contribution in [0.3, 0.4) is 0 Å². The van der Waals surface area contributed by atoms with Crippen molar-refractivity contribution in [2.75, 3.05) is 0 Å². The Morgan fingerprint density at radius 3 is 2.90 bits per heavy atom. The lowest BCUT2D eigenvalue weighted by Gasteiger charge is -2.50. The molecule has 1 amide bonds. The molecule has 2 aliphatic heterocycles. The molecule has 20 heavy (non-hydrogen) atoms. The van der Waals surface area contributed by atoms with Gasteiger partial charge in [-0.05, 0) is 26.0 Å². The van der Waals surface area contributed by atoms with Crippen LogP contribution < -0.4 is 0 Å². The van der Waals surface area contributed by atoms with Crippen LogP contribution in [0.15, 0.2) is 22.8 Å². The smallest absolute Gasteiger partial charge is 0.247 e. The number of fused-ring (bicyclic) bond motifs is 1. The predicted octanol–water partition coefficient (Wildman–Crippen LogP) is 2.03. The van der Waals surface area contributed by atoms with Gasteiger partial charge < -0.3 is 14.4 Å². The zero-order chi connectivity index (χ0) is 14.7. The number of furan rings is 1. The van der Waals surface area contributed by atoms with Crippen molar-refractivity contribution in [3.8, 4) is 6.07 Å². The van der Waals surface area contributed by atoms with Crippen LogP contribution in [-0.4, -0.2) is 36.4 Å². The molecule has 0 saturated carbocycles. The summed E-state index contributed by atoms with van der Waals surface area (Å²) in [5.74, 6) is 0.0738. The van der Waals surface area contributed by atoms with Gasteiger partial charge in [-0.25, -0.2) is 0 Å². The zero-order valence-corrected chi connectivity index (χ0v) is 13.3. The lowest BCUT2D eigenvalue weighted by atomic mass is 9.87. The first-order chi connectivity index (χ1) is 9.34. The highest BCUT2D eigenvalue weighted by Crippen LogP contribution is 2.61. The summed E-state index contributed by atoms with van der Waals surface area (Å²) in [6.45, 7) is 3.87. The Morgan fingerprint density at radius 2 is 2.35 bits per heavy atom. The van der Waals surface area contributed by atoms with Crippen LogP contribution in [0.1, 0.15) is 25.7 Å². The number of hydrogen-bond donors (Lipinski definition) is 1. The third kappa shape index (κ3) is 1.56. The van der Waals surface area contributed by atoms with Crippen molar-refractivity contribution in [2.24, 2.45) is 0 Å². The van der Waals surface area contributed by atoms with Gasteiger partial charge in [0.15, 0.2) is 4.32 Å². The molecule has 0 spiro atoms.